The Labute approximate surface area is 192 Å². The van der Waals surface area contributed by atoms with E-state index in [9.17, 15) is 13.2 Å². The molecule has 0 fully saturated rings. The molecule has 0 heterocycles. The van der Waals surface area contributed by atoms with Gasteiger partial charge in [-0.1, -0.05) is 60.2 Å². The van der Waals surface area contributed by atoms with Crippen LogP contribution in [0.3, 0.4) is 0 Å². The normalized spacial score (nSPS) is 12.4. The molecule has 3 aromatic rings. The molecule has 1 amide bonds. The first kappa shape index (κ1) is 23.2. The molecule has 0 saturated heterocycles. The van der Waals surface area contributed by atoms with Gasteiger partial charge in [0.15, 0.2) is 0 Å². The van der Waals surface area contributed by atoms with Crippen LogP contribution in [0.4, 0.5) is 5.69 Å². The predicted octanol–water partition coefficient (Wildman–Crippen LogP) is 4.90. The molecule has 5 nitrogen and oxygen atoms in total. The number of nitrogens with one attached hydrogen (secondary N) is 2. The smallest absolute Gasteiger partial charge is 0.242 e. The van der Waals surface area contributed by atoms with Crippen LogP contribution in [0.2, 0.25) is 0 Å². The van der Waals surface area contributed by atoms with Crippen molar-refractivity contribution in [1.82, 2.24) is 4.72 Å². The fourth-order valence-electron chi connectivity index (χ4n) is 3.66. The van der Waals surface area contributed by atoms with Gasteiger partial charge in [0.05, 0.1) is 10.6 Å². The number of amides is 1. The molecule has 0 unspecified atom stereocenters. The van der Waals surface area contributed by atoms with Crippen LogP contribution >= 0.6 is 15.9 Å². The molecular weight excluding hydrogens is 476 g/mol. The first-order valence-electron chi connectivity index (χ1n) is 9.87. The van der Waals surface area contributed by atoms with E-state index in [4.69, 9.17) is 0 Å². The number of sulfonamides is 1. The average molecular weight is 501 g/mol. The summed E-state index contributed by atoms with van der Waals surface area (Å²) in [6.07, 6.45) is 0.223. The number of halogens is 1. The first-order valence-corrected chi connectivity index (χ1v) is 12.1. The minimum atomic E-state index is -3.93. The number of rotatable bonds is 7. The molecule has 0 aliphatic heterocycles. The predicted molar refractivity (Wildman–Crippen MR) is 128 cm³/mol. The quantitative estimate of drug-likeness (QED) is 0.484. The molecule has 0 saturated carbocycles. The fraction of sp³-hybridized carbons (Fsp3) is 0.208. The van der Waals surface area contributed by atoms with Crippen molar-refractivity contribution in [2.75, 3.05) is 5.32 Å². The standard InChI is InChI=1S/C24H25BrN2O3S/c1-16-13-17(2)23(18(3)14-16)31(29,30)27-22(15-19-9-5-4-6-10-19)24(28)26-21-12-8-7-11-20(21)25/h4-14,22,27H,15H2,1-3H3,(H,26,28)/t22-/m0/s1. The van der Waals surface area contributed by atoms with E-state index in [1.165, 1.54) is 0 Å². The Balaban J connectivity index is 1.94. The summed E-state index contributed by atoms with van der Waals surface area (Å²) >= 11 is 3.41. The second-order valence-corrected chi connectivity index (χ2v) is 10.1. The molecule has 0 bridgehead atoms. The van der Waals surface area contributed by atoms with Crippen molar-refractivity contribution in [3.8, 4) is 0 Å². The van der Waals surface area contributed by atoms with Gasteiger partial charge in [-0.05, 0) is 71.9 Å². The van der Waals surface area contributed by atoms with E-state index in [2.05, 4.69) is 26.0 Å². The van der Waals surface area contributed by atoms with E-state index in [0.717, 1.165) is 15.6 Å². The molecule has 3 rings (SSSR count). The van der Waals surface area contributed by atoms with Crippen molar-refractivity contribution in [1.29, 1.82) is 0 Å². The maximum Gasteiger partial charge on any atom is 0.242 e. The summed E-state index contributed by atoms with van der Waals surface area (Å²) in [5.74, 6) is -0.429. The average Bonchev–Trinajstić information content (AvgIpc) is 2.68. The molecule has 0 radical (unpaired) electrons. The lowest BCUT2D eigenvalue weighted by Gasteiger charge is -2.21. The summed E-state index contributed by atoms with van der Waals surface area (Å²) in [7, 11) is -3.93. The molecule has 162 valence electrons. The Hall–Kier alpha value is -2.48. The zero-order valence-electron chi connectivity index (χ0n) is 17.6. The Morgan fingerprint density at radius 2 is 1.52 bits per heavy atom. The molecule has 1 atom stereocenters. The third-order valence-corrected chi connectivity index (χ3v) is 7.37. The summed E-state index contributed by atoms with van der Waals surface area (Å²) in [6, 6.07) is 19.2. The number of hydrogen-bond acceptors (Lipinski definition) is 3. The Kier molecular flexibility index (Phi) is 7.30. The highest BCUT2D eigenvalue weighted by atomic mass is 79.9. The van der Waals surface area contributed by atoms with Crippen molar-refractivity contribution in [3.63, 3.8) is 0 Å². The highest BCUT2D eigenvalue weighted by Gasteiger charge is 2.28. The van der Waals surface area contributed by atoms with Gasteiger partial charge in [0, 0.05) is 4.47 Å². The fourth-order valence-corrected chi connectivity index (χ4v) is 5.69. The maximum absolute atomic E-state index is 13.3. The number of anilines is 1. The highest BCUT2D eigenvalue weighted by Crippen LogP contribution is 2.24. The Morgan fingerprint density at radius 1 is 0.935 bits per heavy atom. The third-order valence-electron chi connectivity index (χ3n) is 4.90. The molecule has 0 aliphatic carbocycles. The van der Waals surface area contributed by atoms with Crippen molar-refractivity contribution in [2.45, 2.75) is 38.1 Å². The van der Waals surface area contributed by atoms with Gasteiger partial charge in [0.25, 0.3) is 0 Å². The summed E-state index contributed by atoms with van der Waals surface area (Å²) in [6.45, 7) is 5.46. The van der Waals surface area contributed by atoms with Crippen LogP contribution in [0, 0.1) is 20.8 Å². The lowest BCUT2D eigenvalue weighted by Crippen LogP contribution is -2.45. The number of hydrogen-bond donors (Lipinski definition) is 2. The van der Waals surface area contributed by atoms with Crippen molar-refractivity contribution < 1.29 is 13.2 Å². The van der Waals surface area contributed by atoms with E-state index >= 15 is 0 Å². The molecular formula is C24H25BrN2O3S. The lowest BCUT2D eigenvalue weighted by molar-refractivity contribution is -0.117. The van der Waals surface area contributed by atoms with Crippen LogP contribution in [-0.4, -0.2) is 20.4 Å². The van der Waals surface area contributed by atoms with Crippen LogP contribution in [0.25, 0.3) is 0 Å². The van der Waals surface area contributed by atoms with Gasteiger partial charge in [-0.15, -0.1) is 0 Å². The van der Waals surface area contributed by atoms with Crippen LogP contribution in [0.15, 0.2) is 76.1 Å². The molecule has 3 aromatic carbocycles. The van der Waals surface area contributed by atoms with Crippen LogP contribution in [0.1, 0.15) is 22.3 Å². The maximum atomic E-state index is 13.3. The zero-order chi connectivity index (χ0) is 22.6. The van der Waals surface area contributed by atoms with E-state index in [0.29, 0.717) is 16.8 Å². The lowest BCUT2D eigenvalue weighted by atomic mass is 10.1. The van der Waals surface area contributed by atoms with Crippen LogP contribution in [-0.2, 0) is 21.2 Å². The molecule has 0 spiro atoms. The van der Waals surface area contributed by atoms with Crippen molar-refractivity contribution in [3.05, 3.63) is 93.5 Å². The van der Waals surface area contributed by atoms with Gasteiger partial charge in [0.2, 0.25) is 15.9 Å². The third kappa shape index (κ3) is 5.81. The number of benzene rings is 3. The van der Waals surface area contributed by atoms with Crippen LogP contribution in [0.5, 0.6) is 0 Å². The zero-order valence-corrected chi connectivity index (χ0v) is 20.0. The number of aryl methyl sites for hydroxylation is 3. The Bertz CT molecular complexity index is 1170. The minimum absolute atomic E-state index is 0.213. The minimum Gasteiger partial charge on any atom is -0.324 e. The summed E-state index contributed by atoms with van der Waals surface area (Å²) in [4.78, 5) is 13.4. The second-order valence-electron chi connectivity index (χ2n) is 7.56. The highest BCUT2D eigenvalue weighted by molar-refractivity contribution is 9.10. The van der Waals surface area contributed by atoms with E-state index in [1.807, 2.05) is 61.5 Å². The molecule has 0 aliphatic rings. The van der Waals surface area contributed by atoms with Gasteiger partial charge < -0.3 is 5.32 Å². The van der Waals surface area contributed by atoms with Crippen molar-refractivity contribution >= 4 is 37.5 Å². The SMILES string of the molecule is Cc1cc(C)c(S(=O)(=O)N[C@@H](Cc2ccccc2)C(=O)Nc2ccccc2Br)c(C)c1. The number of carbonyl (C=O) groups is 1. The largest absolute Gasteiger partial charge is 0.324 e. The second kappa shape index (κ2) is 9.77. The molecule has 2 N–H and O–H groups in total. The van der Waals surface area contributed by atoms with Crippen molar-refractivity contribution in [2.24, 2.45) is 0 Å². The van der Waals surface area contributed by atoms with E-state index in [-0.39, 0.29) is 11.3 Å². The van der Waals surface area contributed by atoms with E-state index in [1.54, 1.807) is 26.0 Å². The topological polar surface area (TPSA) is 75.3 Å². The first-order chi connectivity index (χ1) is 14.7. The summed E-state index contributed by atoms with van der Waals surface area (Å²) in [5.41, 5.74) is 3.72. The van der Waals surface area contributed by atoms with E-state index < -0.39 is 22.0 Å². The number of para-hydroxylation sites is 1. The van der Waals surface area contributed by atoms with Gasteiger partial charge in [-0.25, -0.2) is 8.42 Å². The number of carbonyl (C=O) groups excluding carboxylic acids is 1. The summed E-state index contributed by atoms with van der Waals surface area (Å²) in [5, 5.41) is 2.83. The van der Waals surface area contributed by atoms with Crippen LogP contribution < -0.4 is 10.0 Å². The monoisotopic (exact) mass is 500 g/mol. The summed E-state index contributed by atoms with van der Waals surface area (Å²) < 4.78 is 30.0. The Morgan fingerprint density at radius 3 is 2.13 bits per heavy atom. The molecule has 7 heteroatoms. The molecule has 0 aromatic heterocycles. The van der Waals surface area contributed by atoms with Gasteiger partial charge in [0.1, 0.15) is 6.04 Å². The van der Waals surface area contributed by atoms with Gasteiger partial charge >= 0.3 is 0 Å². The van der Waals surface area contributed by atoms with Gasteiger partial charge in [-0.2, -0.15) is 4.72 Å². The van der Waals surface area contributed by atoms with Gasteiger partial charge in [-0.3, -0.25) is 4.79 Å². The molecule has 31 heavy (non-hydrogen) atoms.